The maximum atomic E-state index is 5.03. The zero-order valence-corrected chi connectivity index (χ0v) is 11.7. The summed E-state index contributed by atoms with van der Waals surface area (Å²) < 4.78 is 7.07. The number of nitrogens with zero attached hydrogens (tertiary/aromatic N) is 4. The normalized spacial score (nSPS) is 13.2. The van der Waals surface area contributed by atoms with Gasteiger partial charge in [-0.2, -0.15) is 4.98 Å². The average molecular weight is 281 g/mol. The van der Waals surface area contributed by atoms with Crippen LogP contribution in [0.2, 0.25) is 0 Å². The van der Waals surface area contributed by atoms with Gasteiger partial charge in [-0.05, 0) is 12.0 Å². The molecule has 0 spiro atoms. The maximum absolute atomic E-state index is 5.03. The third kappa shape index (κ3) is 2.08. The smallest absolute Gasteiger partial charge is 0.223 e. The number of benzene rings is 1. The van der Waals surface area contributed by atoms with Crippen LogP contribution in [0.4, 0.5) is 5.69 Å². The van der Waals surface area contributed by atoms with E-state index in [9.17, 15) is 0 Å². The van der Waals surface area contributed by atoms with Gasteiger partial charge >= 0.3 is 0 Å². The molecule has 106 valence electrons. The molecule has 0 amide bonds. The van der Waals surface area contributed by atoms with Crippen LogP contribution in [0.1, 0.15) is 17.3 Å². The van der Waals surface area contributed by atoms with E-state index in [0.717, 1.165) is 18.7 Å². The van der Waals surface area contributed by atoms with Gasteiger partial charge < -0.3 is 14.4 Å². The number of aromatic nitrogens is 4. The van der Waals surface area contributed by atoms with E-state index in [4.69, 9.17) is 4.52 Å². The van der Waals surface area contributed by atoms with Gasteiger partial charge in [0.15, 0.2) is 5.82 Å². The number of hydrogen-bond donors (Lipinski definition) is 1. The quantitative estimate of drug-likeness (QED) is 0.797. The second-order valence-electron chi connectivity index (χ2n) is 5.15. The SMILES string of the molecule is Cc1nc(Cn2cncc2-c2cccc3c2NCC3)no1. The van der Waals surface area contributed by atoms with Crippen molar-refractivity contribution in [2.24, 2.45) is 0 Å². The fourth-order valence-electron chi connectivity index (χ4n) is 2.78. The van der Waals surface area contributed by atoms with Crippen LogP contribution < -0.4 is 5.32 Å². The lowest BCUT2D eigenvalue weighted by molar-refractivity contribution is 0.386. The summed E-state index contributed by atoms with van der Waals surface area (Å²) in [6, 6.07) is 6.38. The van der Waals surface area contributed by atoms with Gasteiger partial charge in [-0.3, -0.25) is 0 Å². The summed E-state index contributed by atoms with van der Waals surface area (Å²) in [6.07, 6.45) is 4.75. The predicted molar refractivity (Wildman–Crippen MR) is 78.0 cm³/mol. The van der Waals surface area contributed by atoms with E-state index in [0.29, 0.717) is 18.3 Å². The van der Waals surface area contributed by atoms with Crippen molar-refractivity contribution in [2.75, 3.05) is 11.9 Å². The first-order chi connectivity index (χ1) is 10.3. The van der Waals surface area contributed by atoms with Gasteiger partial charge in [0, 0.05) is 24.7 Å². The molecule has 0 aliphatic carbocycles. The Kier molecular flexibility index (Phi) is 2.73. The Balaban J connectivity index is 1.74. The molecule has 1 N–H and O–H groups in total. The van der Waals surface area contributed by atoms with E-state index in [2.05, 4.69) is 38.6 Å². The molecule has 21 heavy (non-hydrogen) atoms. The number of hydrogen-bond acceptors (Lipinski definition) is 5. The standard InChI is InChI=1S/C15H15N5O/c1-10-18-14(19-21-10)8-20-9-16-7-13(20)12-4-2-3-11-5-6-17-15(11)12/h2-4,7,9,17H,5-6,8H2,1H3. The van der Waals surface area contributed by atoms with Gasteiger partial charge in [0.2, 0.25) is 5.89 Å². The fourth-order valence-corrected chi connectivity index (χ4v) is 2.78. The number of para-hydroxylation sites is 1. The molecule has 1 aliphatic heterocycles. The first-order valence-corrected chi connectivity index (χ1v) is 6.97. The van der Waals surface area contributed by atoms with Crippen molar-refractivity contribution in [3.05, 3.63) is 48.0 Å². The largest absolute Gasteiger partial charge is 0.384 e. The Morgan fingerprint density at radius 2 is 2.33 bits per heavy atom. The summed E-state index contributed by atoms with van der Waals surface area (Å²) in [4.78, 5) is 8.53. The minimum Gasteiger partial charge on any atom is -0.384 e. The maximum Gasteiger partial charge on any atom is 0.223 e. The molecule has 6 nitrogen and oxygen atoms in total. The number of nitrogens with one attached hydrogen (secondary N) is 1. The molecule has 0 atom stereocenters. The molecule has 1 aromatic carbocycles. The van der Waals surface area contributed by atoms with Gasteiger partial charge in [0.05, 0.1) is 24.8 Å². The van der Waals surface area contributed by atoms with Crippen LogP contribution in [0.15, 0.2) is 35.2 Å². The predicted octanol–water partition coefficient (Wildman–Crippen LogP) is 2.26. The summed E-state index contributed by atoms with van der Waals surface area (Å²) in [5.74, 6) is 1.24. The van der Waals surface area contributed by atoms with Gasteiger partial charge in [-0.1, -0.05) is 23.4 Å². The third-order valence-corrected chi connectivity index (χ3v) is 3.72. The molecule has 2 aromatic heterocycles. The van der Waals surface area contributed by atoms with Crippen molar-refractivity contribution < 1.29 is 4.52 Å². The Morgan fingerprint density at radius 3 is 3.19 bits per heavy atom. The molecule has 3 heterocycles. The number of fused-ring (bicyclic) bond motifs is 1. The van der Waals surface area contributed by atoms with Crippen LogP contribution in [0, 0.1) is 6.92 Å². The van der Waals surface area contributed by atoms with E-state index in [1.54, 1.807) is 13.3 Å². The molecule has 0 saturated carbocycles. The highest BCUT2D eigenvalue weighted by Crippen LogP contribution is 2.34. The van der Waals surface area contributed by atoms with Crippen LogP contribution in [0.3, 0.4) is 0 Å². The van der Waals surface area contributed by atoms with Crippen molar-refractivity contribution in [1.82, 2.24) is 19.7 Å². The molecule has 0 radical (unpaired) electrons. The highest BCUT2D eigenvalue weighted by atomic mass is 16.5. The lowest BCUT2D eigenvalue weighted by Crippen LogP contribution is -2.03. The lowest BCUT2D eigenvalue weighted by atomic mass is 10.1. The van der Waals surface area contributed by atoms with Crippen LogP contribution in [-0.4, -0.2) is 26.2 Å². The highest BCUT2D eigenvalue weighted by Gasteiger charge is 2.17. The van der Waals surface area contributed by atoms with Gasteiger partial charge in [-0.15, -0.1) is 0 Å². The minimum absolute atomic E-state index is 0.552. The average Bonchev–Trinajstić information content (AvgIpc) is 3.19. The van der Waals surface area contributed by atoms with Crippen molar-refractivity contribution in [3.63, 3.8) is 0 Å². The van der Waals surface area contributed by atoms with Gasteiger partial charge in [0.1, 0.15) is 0 Å². The molecular weight excluding hydrogens is 266 g/mol. The van der Waals surface area contributed by atoms with Crippen LogP contribution in [0.5, 0.6) is 0 Å². The Hall–Kier alpha value is -2.63. The lowest BCUT2D eigenvalue weighted by Gasteiger charge is -2.10. The van der Waals surface area contributed by atoms with E-state index in [1.165, 1.54) is 16.8 Å². The van der Waals surface area contributed by atoms with E-state index in [-0.39, 0.29) is 0 Å². The second kappa shape index (κ2) is 4.73. The number of aryl methyl sites for hydroxylation is 1. The van der Waals surface area contributed by atoms with Gasteiger partial charge in [-0.25, -0.2) is 4.98 Å². The summed E-state index contributed by atoms with van der Waals surface area (Å²) >= 11 is 0. The number of rotatable bonds is 3. The van der Waals surface area contributed by atoms with E-state index >= 15 is 0 Å². The second-order valence-corrected chi connectivity index (χ2v) is 5.15. The minimum atomic E-state index is 0.552. The summed E-state index contributed by atoms with van der Waals surface area (Å²) in [5, 5.41) is 7.41. The van der Waals surface area contributed by atoms with Crippen molar-refractivity contribution in [2.45, 2.75) is 19.9 Å². The molecule has 0 fully saturated rings. The molecular formula is C15H15N5O. The monoisotopic (exact) mass is 281 g/mol. The van der Waals surface area contributed by atoms with Crippen LogP contribution in [-0.2, 0) is 13.0 Å². The number of imidazole rings is 1. The topological polar surface area (TPSA) is 68.8 Å². The third-order valence-electron chi connectivity index (χ3n) is 3.72. The number of anilines is 1. The van der Waals surface area contributed by atoms with Crippen molar-refractivity contribution >= 4 is 5.69 Å². The Bertz CT molecular complexity index is 789. The van der Waals surface area contributed by atoms with Crippen molar-refractivity contribution in [1.29, 1.82) is 0 Å². The summed E-state index contributed by atoms with van der Waals surface area (Å²) in [6.45, 7) is 3.33. The van der Waals surface area contributed by atoms with Gasteiger partial charge in [0.25, 0.3) is 0 Å². The molecule has 0 saturated heterocycles. The van der Waals surface area contributed by atoms with Crippen LogP contribution in [0.25, 0.3) is 11.3 Å². The molecule has 4 rings (SSSR count). The molecule has 0 unspecified atom stereocenters. The first-order valence-electron chi connectivity index (χ1n) is 6.97. The Labute approximate surface area is 121 Å². The fraction of sp³-hybridized carbons (Fsp3) is 0.267. The molecule has 6 heteroatoms. The molecule has 0 bridgehead atoms. The van der Waals surface area contributed by atoms with E-state index in [1.807, 2.05) is 10.8 Å². The van der Waals surface area contributed by atoms with E-state index < -0.39 is 0 Å². The molecule has 1 aliphatic rings. The summed E-state index contributed by atoms with van der Waals surface area (Å²) in [7, 11) is 0. The molecule has 3 aromatic rings. The van der Waals surface area contributed by atoms with Crippen LogP contribution >= 0.6 is 0 Å². The highest BCUT2D eigenvalue weighted by molar-refractivity contribution is 5.79. The zero-order chi connectivity index (χ0) is 14.2. The zero-order valence-electron chi connectivity index (χ0n) is 11.7. The van der Waals surface area contributed by atoms with Crippen molar-refractivity contribution in [3.8, 4) is 11.3 Å². The Morgan fingerprint density at radius 1 is 1.38 bits per heavy atom. The summed E-state index contributed by atoms with van der Waals surface area (Å²) in [5.41, 5.74) is 4.80. The first kappa shape index (κ1) is 12.1.